The van der Waals surface area contributed by atoms with Crippen molar-refractivity contribution >= 4 is 21.8 Å². The summed E-state index contributed by atoms with van der Waals surface area (Å²) in [4.78, 5) is 28.6. The molecule has 1 aromatic carbocycles. The first kappa shape index (κ1) is 15.9. The van der Waals surface area contributed by atoms with Gasteiger partial charge >= 0.3 is 0 Å². The zero-order valence-electron chi connectivity index (χ0n) is 12.8. The summed E-state index contributed by atoms with van der Waals surface area (Å²) in [5, 5.41) is 0. The van der Waals surface area contributed by atoms with E-state index in [1.165, 1.54) is 18.3 Å². The van der Waals surface area contributed by atoms with Gasteiger partial charge in [0.2, 0.25) is 0 Å². The number of benzene rings is 1. The Morgan fingerprint density at radius 3 is 2.78 bits per heavy atom. The molecule has 0 bridgehead atoms. The Bertz CT molecular complexity index is 834. The van der Waals surface area contributed by atoms with E-state index in [-0.39, 0.29) is 29.4 Å². The molecule has 2 aromatic rings. The molecular weight excluding hydrogens is 363 g/mol. The highest BCUT2D eigenvalue weighted by Crippen LogP contribution is 2.34. The van der Waals surface area contributed by atoms with Crippen LogP contribution >= 0.6 is 15.9 Å². The largest absolute Gasteiger partial charge is 0.329 e. The van der Waals surface area contributed by atoms with E-state index in [0.29, 0.717) is 16.5 Å². The minimum atomic E-state index is -0.276. The first-order valence-corrected chi connectivity index (χ1v) is 8.17. The number of amides is 1. The standard InChI is InChI=1S/C17H16BrFN2O2/c1-9-5-11-6-13(19)3-4-14(11)10(2)21(9)17(23)12-7-15(18)16(22)20-8-12/h3-4,6-10H,5H2,1-2H3,(H,20,22)/t9-,10-/m1/s1. The maximum absolute atomic E-state index is 13.4. The number of H-pyrrole nitrogens is 1. The SMILES string of the molecule is C[C@@H]1Cc2cc(F)ccc2[C@@H](C)N1C(=O)c1c[nH]c(=O)c(Br)c1. The predicted molar refractivity (Wildman–Crippen MR) is 88.9 cm³/mol. The molecular formula is C17H16BrFN2O2. The van der Waals surface area contributed by atoms with Gasteiger partial charge < -0.3 is 9.88 Å². The fraction of sp³-hybridized carbons (Fsp3) is 0.294. The quantitative estimate of drug-likeness (QED) is 0.826. The molecule has 2 heterocycles. The van der Waals surface area contributed by atoms with Gasteiger partial charge in [-0.1, -0.05) is 6.07 Å². The van der Waals surface area contributed by atoms with Gasteiger partial charge in [0.25, 0.3) is 11.5 Å². The highest BCUT2D eigenvalue weighted by molar-refractivity contribution is 9.10. The Kier molecular flexibility index (Phi) is 4.10. The number of nitrogens with zero attached hydrogens (tertiary/aromatic N) is 1. The molecule has 4 nitrogen and oxygen atoms in total. The molecule has 2 atom stereocenters. The number of fused-ring (bicyclic) bond motifs is 1. The summed E-state index contributed by atoms with van der Waals surface area (Å²) in [7, 11) is 0. The van der Waals surface area contributed by atoms with Crippen LogP contribution in [0.4, 0.5) is 4.39 Å². The number of carbonyl (C=O) groups is 1. The summed E-state index contributed by atoms with van der Waals surface area (Å²) >= 11 is 3.15. The third kappa shape index (κ3) is 2.83. The molecule has 23 heavy (non-hydrogen) atoms. The zero-order valence-corrected chi connectivity index (χ0v) is 14.4. The maximum Gasteiger partial charge on any atom is 0.262 e. The van der Waals surface area contributed by atoms with Crippen LogP contribution in [0.1, 0.15) is 41.4 Å². The number of aromatic amines is 1. The van der Waals surface area contributed by atoms with E-state index in [1.807, 2.05) is 13.8 Å². The normalized spacial score (nSPS) is 20.3. The van der Waals surface area contributed by atoms with Crippen molar-refractivity contribution in [2.24, 2.45) is 0 Å². The van der Waals surface area contributed by atoms with Crippen molar-refractivity contribution in [2.75, 3.05) is 0 Å². The molecule has 1 aliphatic rings. The van der Waals surface area contributed by atoms with Crippen molar-refractivity contribution in [3.8, 4) is 0 Å². The lowest BCUT2D eigenvalue weighted by molar-refractivity contribution is 0.0580. The van der Waals surface area contributed by atoms with Crippen molar-refractivity contribution in [1.29, 1.82) is 0 Å². The second-order valence-corrected chi connectivity index (χ2v) is 6.70. The van der Waals surface area contributed by atoms with E-state index in [4.69, 9.17) is 0 Å². The first-order valence-electron chi connectivity index (χ1n) is 7.37. The van der Waals surface area contributed by atoms with E-state index in [0.717, 1.165) is 11.1 Å². The van der Waals surface area contributed by atoms with Crippen LogP contribution < -0.4 is 5.56 Å². The molecule has 1 aromatic heterocycles. The van der Waals surface area contributed by atoms with Crippen molar-refractivity contribution in [1.82, 2.24) is 9.88 Å². The lowest BCUT2D eigenvalue weighted by atomic mass is 9.89. The van der Waals surface area contributed by atoms with E-state index in [9.17, 15) is 14.0 Å². The second-order valence-electron chi connectivity index (χ2n) is 5.85. The van der Waals surface area contributed by atoms with E-state index >= 15 is 0 Å². The molecule has 1 amide bonds. The highest BCUT2D eigenvalue weighted by Gasteiger charge is 2.33. The van der Waals surface area contributed by atoms with Crippen LogP contribution in [0.5, 0.6) is 0 Å². The monoisotopic (exact) mass is 378 g/mol. The van der Waals surface area contributed by atoms with Crippen LogP contribution in [0.25, 0.3) is 0 Å². The Morgan fingerprint density at radius 1 is 1.35 bits per heavy atom. The summed E-state index contributed by atoms with van der Waals surface area (Å²) in [6, 6.07) is 6.01. The summed E-state index contributed by atoms with van der Waals surface area (Å²) < 4.78 is 13.8. The maximum atomic E-state index is 13.4. The molecule has 0 aliphatic carbocycles. The minimum Gasteiger partial charge on any atom is -0.329 e. The molecule has 0 unspecified atom stereocenters. The summed E-state index contributed by atoms with van der Waals surface area (Å²) in [6.07, 6.45) is 2.03. The summed E-state index contributed by atoms with van der Waals surface area (Å²) in [5.74, 6) is -0.413. The number of hydrogen-bond acceptors (Lipinski definition) is 2. The Hall–Kier alpha value is -1.95. The Morgan fingerprint density at radius 2 is 2.09 bits per heavy atom. The van der Waals surface area contributed by atoms with E-state index < -0.39 is 0 Å². The fourth-order valence-corrected chi connectivity index (χ4v) is 3.57. The number of pyridine rings is 1. The van der Waals surface area contributed by atoms with Crippen molar-refractivity contribution in [3.63, 3.8) is 0 Å². The lowest BCUT2D eigenvalue weighted by Crippen LogP contribution is -2.45. The number of halogens is 2. The van der Waals surface area contributed by atoms with Gasteiger partial charge in [0.05, 0.1) is 16.1 Å². The average molecular weight is 379 g/mol. The molecule has 0 saturated heterocycles. The van der Waals surface area contributed by atoms with Crippen LogP contribution in [0.3, 0.4) is 0 Å². The van der Waals surface area contributed by atoms with E-state index in [1.54, 1.807) is 17.0 Å². The molecule has 6 heteroatoms. The smallest absolute Gasteiger partial charge is 0.262 e. The Labute approximate surface area is 141 Å². The van der Waals surface area contributed by atoms with Gasteiger partial charge in [0, 0.05) is 12.2 Å². The number of hydrogen-bond donors (Lipinski definition) is 1. The van der Waals surface area contributed by atoms with Crippen LogP contribution in [-0.4, -0.2) is 21.8 Å². The van der Waals surface area contributed by atoms with Gasteiger partial charge in [0.15, 0.2) is 0 Å². The highest BCUT2D eigenvalue weighted by atomic mass is 79.9. The van der Waals surface area contributed by atoms with E-state index in [2.05, 4.69) is 20.9 Å². The van der Waals surface area contributed by atoms with Crippen molar-refractivity contribution in [3.05, 3.63) is 67.8 Å². The minimum absolute atomic E-state index is 0.0579. The van der Waals surface area contributed by atoms with Crippen LogP contribution in [0.2, 0.25) is 0 Å². The van der Waals surface area contributed by atoms with Gasteiger partial charge in [-0.2, -0.15) is 0 Å². The van der Waals surface area contributed by atoms with Gasteiger partial charge in [-0.15, -0.1) is 0 Å². The summed E-state index contributed by atoms with van der Waals surface area (Å²) in [5.41, 5.74) is 2.04. The number of aromatic nitrogens is 1. The topological polar surface area (TPSA) is 53.2 Å². The molecule has 0 radical (unpaired) electrons. The first-order chi connectivity index (χ1) is 10.9. The van der Waals surface area contributed by atoms with Crippen molar-refractivity contribution < 1.29 is 9.18 Å². The fourth-order valence-electron chi connectivity index (χ4n) is 3.21. The molecule has 0 saturated carbocycles. The van der Waals surface area contributed by atoms with Gasteiger partial charge in [-0.05, 0) is 65.5 Å². The van der Waals surface area contributed by atoms with Crippen LogP contribution in [0.15, 0.2) is 39.7 Å². The number of carbonyl (C=O) groups excluding carboxylic acids is 1. The third-order valence-electron chi connectivity index (χ3n) is 4.30. The molecule has 1 N–H and O–H groups in total. The Balaban J connectivity index is 1.99. The molecule has 1 aliphatic heterocycles. The van der Waals surface area contributed by atoms with Crippen LogP contribution in [-0.2, 0) is 6.42 Å². The third-order valence-corrected chi connectivity index (χ3v) is 4.89. The van der Waals surface area contributed by atoms with Gasteiger partial charge in [0.1, 0.15) is 5.82 Å². The molecule has 0 fully saturated rings. The lowest BCUT2D eigenvalue weighted by Gasteiger charge is -2.40. The predicted octanol–water partition coefficient (Wildman–Crippen LogP) is 3.42. The van der Waals surface area contributed by atoms with Gasteiger partial charge in [-0.3, -0.25) is 9.59 Å². The van der Waals surface area contributed by atoms with Crippen LogP contribution in [0, 0.1) is 5.82 Å². The van der Waals surface area contributed by atoms with Crippen molar-refractivity contribution in [2.45, 2.75) is 32.4 Å². The zero-order chi connectivity index (χ0) is 16.7. The summed E-state index contributed by atoms with van der Waals surface area (Å²) in [6.45, 7) is 3.88. The molecule has 3 rings (SSSR count). The molecule has 0 spiro atoms. The van der Waals surface area contributed by atoms with Gasteiger partial charge in [-0.25, -0.2) is 4.39 Å². The second kappa shape index (κ2) is 5.92. The number of rotatable bonds is 1. The average Bonchev–Trinajstić information content (AvgIpc) is 2.49. The number of nitrogens with one attached hydrogen (secondary N) is 1. The molecule has 120 valence electrons.